The van der Waals surface area contributed by atoms with Crippen LogP contribution in [0.3, 0.4) is 0 Å². The summed E-state index contributed by atoms with van der Waals surface area (Å²) in [4.78, 5) is 14.5. The van der Waals surface area contributed by atoms with Crippen LogP contribution in [0.5, 0.6) is 0 Å². The number of aliphatic hydroxyl groups is 1. The number of nitrogens with zero attached hydrogens (tertiary/aromatic N) is 1. The molecule has 0 aromatic heterocycles. The summed E-state index contributed by atoms with van der Waals surface area (Å²) in [6.45, 7) is 1.70. The number of rotatable bonds is 7. The van der Waals surface area contributed by atoms with Gasteiger partial charge < -0.3 is 15.3 Å². The SMILES string of the molecule is O=C(NCC1CCCc2ccccc21)N(CCCCO)C1CC1. The van der Waals surface area contributed by atoms with Crippen molar-refractivity contribution in [1.29, 1.82) is 0 Å². The normalized spacial score (nSPS) is 20.0. The number of hydrogen-bond donors (Lipinski definition) is 2. The minimum Gasteiger partial charge on any atom is -0.396 e. The molecule has 4 heteroatoms. The number of benzene rings is 1. The molecule has 0 radical (unpaired) electrons. The summed E-state index contributed by atoms with van der Waals surface area (Å²) in [6, 6.07) is 9.14. The molecule has 1 fully saturated rings. The van der Waals surface area contributed by atoms with Gasteiger partial charge in [0.05, 0.1) is 0 Å². The smallest absolute Gasteiger partial charge is 0.317 e. The number of nitrogens with one attached hydrogen (secondary N) is 1. The number of aliphatic hydroxyl groups excluding tert-OH is 1. The molecule has 23 heavy (non-hydrogen) atoms. The minimum atomic E-state index is 0.0773. The number of carbonyl (C=O) groups is 1. The first-order valence-corrected chi connectivity index (χ1v) is 9.02. The molecule has 126 valence electrons. The Bertz CT molecular complexity index is 528. The van der Waals surface area contributed by atoms with Gasteiger partial charge >= 0.3 is 6.03 Å². The van der Waals surface area contributed by atoms with E-state index in [-0.39, 0.29) is 12.6 Å². The molecule has 0 spiro atoms. The fraction of sp³-hybridized carbons (Fsp3) is 0.632. The molecule has 0 heterocycles. The molecular formula is C19H28N2O2. The van der Waals surface area contributed by atoms with Crippen LogP contribution in [0, 0.1) is 0 Å². The Balaban J connectivity index is 1.54. The highest BCUT2D eigenvalue weighted by Gasteiger charge is 2.32. The molecule has 1 atom stereocenters. The van der Waals surface area contributed by atoms with Gasteiger partial charge in [-0.1, -0.05) is 24.3 Å². The van der Waals surface area contributed by atoms with Gasteiger partial charge in [0, 0.05) is 31.7 Å². The lowest BCUT2D eigenvalue weighted by Gasteiger charge is -2.28. The number of amides is 2. The van der Waals surface area contributed by atoms with E-state index in [0.717, 1.165) is 51.6 Å². The molecular weight excluding hydrogens is 288 g/mol. The predicted octanol–water partition coefficient (Wildman–Crippen LogP) is 3.05. The van der Waals surface area contributed by atoms with Crippen molar-refractivity contribution in [2.75, 3.05) is 19.7 Å². The molecule has 2 N–H and O–H groups in total. The van der Waals surface area contributed by atoms with E-state index < -0.39 is 0 Å². The van der Waals surface area contributed by atoms with Crippen molar-refractivity contribution in [3.05, 3.63) is 35.4 Å². The van der Waals surface area contributed by atoms with Crippen molar-refractivity contribution in [3.8, 4) is 0 Å². The van der Waals surface area contributed by atoms with E-state index in [9.17, 15) is 4.79 Å². The van der Waals surface area contributed by atoms with Crippen molar-refractivity contribution in [3.63, 3.8) is 0 Å². The fourth-order valence-corrected chi connectivity index (χ4v) is 3.61. The monoisotopic (exact) mass is 316 g/mol. The molecule has 0 aliphatic heterocycles. The van der Waals surface area contributed by atoms with Crippen LogP contribution in [0.4, 0.5) is 4.79 Å². The van der Waals surface area contributed by atoms with Gasteiger partial charge in [-0.3, -0.25) is 0 Å². The highest BCUT2D eigenvalue weighted by atomic mass is 16.3. The zero-order valence-electron chi connectivity index (χ0n) is 13.8. The second-order valence-corrected chi connectivity index (χ2v) is 6.83. The number of urea groups is 1. The summed E-state index contributed by atoms with van der Waals surface area (Å²) in [5, 5.41) is 12.1. The van der Waals surface area contributed by atoms with Gasteiger partial charge in [-0.15, -0.1) is 0 Å². The van der Waals surface area contributed by atoms with Crippen LogP contribution in [0.15, 0.2) is 24.3 Å². The molecule has 1 unspecified atom stereocenters. The predicted molar refractivity (Wildman–Crippen MR) is 91.6 cm³/mol. The third kappa shape index (κ3) is 4.25. The first-order chi connectivity index (χ1) is 11.3. The maximum atomic E-state index is 12.5. The van der Waals surface area contributed by atoms with Gasteiger partial charge in [-0.25, -0.2) is 4.79 Å². The fourth-order valence-electron chi connectivity index (χ4n) is 3.61. The zero-order valence-corrected chi connectivity index (χ0v) is 13.8. The van der Waals surface area contributed by atoms with Crippen molar-refractivity contribution >= 4 is 6.03 Å². The number of carbonyl (C=O) groups excluding carboxylic acids is 1. The number of unbranched alkanes of at least 4 members (excludes halogenated alkanes) is 1. The van der Waals surface area contributed by atoms with E-state index in [0.29, 0.717) is 12.0 Å². The average molecular weight is 316 g/mol. The minimum absolute atomic E-state index is 0.0773. The van der Waals surface area contributed by atoms with Crippen LogP contribution in [-0.2, 0) is 6.42 Å². The lowest BCUT2D eigenvalue weighted by Crippen LogP contribution is -2.43. The number of hydrogen-bond acceptors (Lipinski definition) is 2. The molecule has 2 amide bonds. The molecule has 2 aliphatic rings. The Morgan fingerprint density at radius 2 is 2.04 bits per heavy atom. The molecule has 0 bridgehead atoms. The Labute approximate surface area is 138 Å². The van der Waals surface area contributed by atoms with Gasteiger partial charge in [0.1, 0.15) is 0 Å². The van der Waals surface area contributed by atoms with E-state index in [4.69, 9.17) is 5.11 Å². The molecule has 1 saturated carbocycles. The third-order valence-electron chi connectivity index (χ3n) is 5.05. The van der Waals surface area contributed by atoms with Crippen molar-refractivity contribution in [2.45, 2.75) is 56.9 Å². The maximum Gasteiger partial charge on any atom is 0.317 e. The van der Waals surface area contributed by atoms with Gasteiger partial charge in [-0.05, 0) is 56.1 Å². The van der Waals surface area contributed by atoms with Gasteiger partial charge in [-0.2, -0.15) is 0 Å². The second kappa shape index (κ2) is 7.82. The first kappa shape index (κ1) is 16.3. The van der Waals surface area contributed by atoms with Crippen LogP contribution >= 0.6 is 0 Å². The number of aryl methyl sites for hydroxylation is 1. The molecule has 1 aromatic carbocycles. The third-order valence-corrected chi connectivity index (χ3v) is 5.05. The van der Waals surface area contributed by atoms with Gasteiger partial charge in [0.15, 0.2) is 0 Å². The maximum absolute atomic E-state index is 12.5. The average Bonchev–Trinajstić information content (AvgIpc) is 3.41. The molecule has 0 saturated heterocycles. The quantitative estimate of drug-likeness (QED) is 0.760. The van der Waals surface area contributed by atoms with E-state index in [1.54, 1.807) is 0 Å². The van der Waals surface area contributed by atoms with E-state index in [2.05, 4.69) is 29.6 Å². The molecule has 3 rings (SSSR count). The lowest BCUT2D eigenvalue weighted by atomic mass is 9.83. The summed E-state index contributed by atoms with van der Waals surface area (Å²) in [6.07, 6.45) is 7.43. The highest BCUT2D eigenvalue weighted by molar-refractivity contribution is 5.75. The standard InChI is InChI=1S/C19H28N2O2/c22-13-4-3-12-21(17-10-11-17)19(23)20-14-16-8-5-7-15-6-1-2-9-18(15)16/h1-2,6,9,16-17,22H,3-5,7-8,10-14H2,(H,20,23). The van der Waals surface area contributed by atoms with Crippen LogP contribution < -0.4 is 5.32 Å². The van der Waals surface area contributed by atoms with Crippen molar-refractivity contribution < 1.29 is 9.90 Å². The van der Waals surface area contributed by atoms with E-state index >= 15 is 0 Å². The second-order valence-electron chi connectivity index (χ2n) is 6.83. The number of fused-ring (bicyclic) bond motifs is 1. The Kier molecular flexibility index (Phi) is 5.55. The summed E-state index contributed by atoms with van der Waals surface area (Å²) < 4.78 is 0. The van der Waals surface area contributed by atoms with Crippen LogP contribution in [0.1, 0.15) is 55.6 Å². The summed E-state index contributed by atoms with van der Waals surface area (Å²) in [7, 11) is 0. The Morgan fingerprint density at radius 3 is 2.83 bits per heavy atom. The van der Waals surface area contributed by atoms with E-state index in [1.165, 1.54) is 17.5 Å². The molecule has 1 aromatic rings. The largest absolute Gasteiger partial charge is 0.396 e. The van der Waals surface area contributed by atoms with Crippen molar-refractivity contribution in [2.24, 2.45) is 0 Å². The first-order valence-electron chi connectivity index (χ1n) is 9.02. The van der Waals surface area contributed by atoms with Gasteiger partial charge in [0.25, 0.3) is 0 Å². The van der Waals surface area contributed by atoms with Crippen LogP contribution in [0.25, 0.3) is 0 Å². The summed E-state index contributed by atoms with van der Waals surface area (Å²) in [5.74, 6) is 0.447. The van der Waals surface area contributed by atoms with Crippen LogP contribution in [-0.4, -0.2) is 41.8 Å². The van der Waals surface area contributed by atoms with Crippen molar-refractivity contribution in [1.82, 2.24) is 10.2 Å². The zero-order chi connectivity index (χ0) is 16.1. The Morgan fingerprint density at radius 1 is 1.22 bits per heavy atom. The summed E-state index contributed by atoms with van der Waals surface area (Å²) in [5.41, 5.74) is 2.86. The lowest BCUT2D eigenvalue weighted by molar-refractivity contribution is 0.189. The molecule has 2 aliphatic carbocycles. The van der Waals surface area contributed by atoms with Crippen LogP contribution in [0.2, 0.25) is 0 Å². The highest BCUT2D eigenvalue weighted by Crippen LogP contribution is 2.31. The topological polar surface area (TPSA) is 52.6 Å². The Hall–Kier alpha value is -1.55. The van der Waals surface area contributed by atoms with E-state index in [1.807, 2.05) is 4.90 Å². The molecule has 4 nitrogen and oxygen atoms in total. The van der Waals surface area contributed by atoms with Gasteiger partial charge in [0.2, 0.25) is 0 Å². The summed E-state index contributed by atoms with van der Waals surface area (Å²) >= 11 is 0.